The Kier molecular flexibility index (Phi) is 4.73. The number of hydrogen-bond acceptors (Lipinski definition) is 4. The van der Waals surface area contributed by atoms with Crippen molar-refractivity contribution in [3.8, 4) is 0 Å². The molecule has 2 atom stereocenters. The Labute approximate surface area is 90.7 Å². The van der Waals surface area contributed by atoms with Crippen LogP contribution in [0.25, 0.3) is 0 Å². The van der Waals surface area contributed by atoms with Crippen LogP contribution in [-0.4, -0.2) is 38.0 Å². The smallest absolute Gasteiger partial charge is 0.148 e. The molecule has 0 amide bonds. The van der Waals surface area contributed by atoms with Gasteiger partial charge in [-0.3, -0.25) is 0 Å². The fraction of sp³-hybridized carbons (Fsp3) is 1.00. The summed E-state index contributed by atoms with van der Waals surface area (Å²) in [6.07, 6.45) is 4.96. The lowest BCUT2D eigenvalue weighted by Crippen LogP contribution is -2.21. The van der Waals surface area contributed by atoms with Gasteiger partial charge in [-0.2, -0.15) is 11.8 Å². The van der Waals surface area contributed by atoms with Gasteiger partial charge in [0.15, 0.2) is 0 Å². The molecular formula is C9H19NO2S2. The van der Waals surface area contributed by atoms with Gasteiger partial charge in [0.2, 0.25) is 0 Å². The monoisotopic (exact) mass is 237 g/mol. The van der Waals surface area contributed by atoms with E-state index in [4.69, 9.17) is 5.73 Å². The van der Waals surface area contributed by atoms with Crippen molar-refractivity contribution in [2.45, 2.75) is 24.5 Å². The van der Waals surface area contributed by atoms with E-state index < -0.39 is 9.84 Å². The van der Waals surface area contributed by atoms with E-state index in [-0.39, 0.29) is 0 Å². The molecule has 1 aliphatic rings. The SMILES string of the molecule is CS(=O)(=O)CCSC1CCCC1CN. The molecule has 0 saturated heterocycles. The van der Waals surface area contributed by atoms with Gasteiger partial charge in [0, 0.05) is 17.3 Å². The van der Waals surface area contributed by atoms with Crippen LogP contribution >= 0.6 is 11.8 Å². The average Bonchev–Trinajstić information content (AvgIpc) is 2.49. The van der Waals surface area contributed by atoms with Crippen LogP contribution in [-0.2, 0) is 9.84 Å². The maximum atomic E-state index is 10.9. The number of hydrogen-bond donors (Lipinski definition) is 1. The third-order valence-electron chi connectivity index (χ3n) is 2.68. The summed E-state index contributed by atoms with van der Waals surface area (Å²) in [6.45, 7) is 0.747. The lowest BCUT2D eigenvalue weighted by atomic mass is 10.1. The summed E-state index contributed by atoms with van der Waals surface area (Å²) in [5, 5.41) is 0.599. The molecule has 2 N–H and O–H groups in total. The van der Waals surface area contributed by atoms with Gasteiger partial charge in [-0.05, 0) is 25.3 Å². The molecule has 1 rings (SSSR count). The molecule has 3 nitrogen and oxygen atoms in total. The quantitative estimate of drug-likeness (QED) is 0.771. The summed E-state index contributed by atoms with van der Waals surface area (Å²) < 4.78 is 21.8. The van der Waals surface area contributed by atoms with Crippen LogP contribution in [0.1, 0.15) is 19.3 Å². The maximum Gasteiger partial charge on any atom is 0.148 e. The Bertz CT molecular complexity index is 264. The first-order valence-electron chi connectivity index (χ1n) is 5.02. The highest BCUT2D eigenvalue weighted by molar-refractivity contribution is 8.01. The standard InChI is InChI=1S/C9H19NO2S2/c1-14(11,12)6-5-13-9-4-2-3-8(9)7-10/h8-9H,2-7,10H2,1H3. The molecule has 0 heterocycles. The van der Waals surface area contributed by atoms with Crippen LogP contribution in [0.2, 0.25) is 0 Å². The first-order valence-corrected chi connectivity index (χ1v) is 8.13. The van der Waals surface area contributed by atoms with E-state index in [2.05, 4.69) is 0 Å². The third-order valence-corrected chi connectivity index (χ3v) is 5.37. The van der Waals surface area contributed by atoms with Gasteiger partial charge in [-0.1, -0.05) is 6.42 Å². The van der Waals surface area contributed by atoms with E-state index >= 15 is 0 Å². The molecule has 0 spiro atoms. The third kappa shape index (κ3) is 4.19. The second-order valence-corrected chi connectivity index (χ2v) is 7.57. The van der Waals surface area contributed by atoms with Crippen LogP contribution in [0.3, 0.4) is 0 Å². The van der Waals surface area contributed by atoms with E-state index in [9.17, 15) is 8.42 Å². The van der Waals surface area contributed by atoms with Crippen molar-refractivity contribution in [3.63, 3.8) is 0 Å². The topological polar surface area (TPSA) is 60.2 Å². The number of thioether (sulfide) groups is 1. The predicted octanol–water partition coefficient (Wildman–Crippen LogP) is 0.892. The van der Waals surface area contributed by atoms with Crippen molar-refractivity contribution in [2.75, 3.05) is 24.3 Å². The molecule has 0 bridgehead atoms. The highest BCUT2D eigenvalue weighted by Gasteiger charge is 2.26. The van der Waals surface area contributed by atoms with Crippen molar-refractivity contribution in [3.05, 3.63) is 0 Å². The minimum atomic E-state index is -2.79. The number of nitrogens with two attached hydrogens (primary N) is 1. The highest BCUT2D eigenvalue weighted by Crippen LogP contribution is 2.34. The molecule has 1 aliphatic carbocycles. The molecule has 0 aliphatic heterocycles. The summed E-state index contributed by atoms with van der Waals surface area (Å²) >= 11 is 1.78. The molecule has 1 fully saturated rings. The zero-order valence-corrected chi connectivity index (χ0v) is 10.2. The molecule has 14 heavy (non-hydrogen) atoms. The summed E-state index contributed by atoms with van der Waals surface area (Å²) in [4.78, 5) is 0. The van der Waals surface area contributed by atoms with Gasteiger partial charge in [0.1, 0.15) is 9.84 Å². The van der Waals surface area contributed by atoms with Gasteiger partial charge >= 0.3 is 0 Å². The Hall–Kier alpha value is 0.260. The van der Waals surface area contributed by atoms with Crippen LogP contribution in [0.5, 0.6) is 0 Å². The van der Waals surface area contributed by atoms with Gasteiger partial charge in [0.25, 0.3) is 0 Å². The maximum absolute atomic E-state index is 10.9. The minimum absolute atomic E-state index is 0.297. The van der Waals surface area contributed by atoms with Crippen LogP contribution < -0.4 is 5.73 Å². The van der Waals surface area contributed by atoms with Crippen molar-refractivity contribution < 1.29 is 8.42 Å². The fourth-order valence-corrected chi connectivity index (χ4v) is 4.59. The predicted molar refractivity (Wildman–Crippen MR) is 62.4 cm³/mol. The first-order chi connectivity index (χ1) is 6.53. The molecular weight excluding hydrogens is 218 g/mol. The molecule has 2 unspecified atom stereocenters. The Morgan fingerprint density at radius 3 is 2.71 bits per heavy atom. The summed E-state index contributed by atoms with van der Waals surface area (Å²) in [6, 6.07) is 0. The van der Waals surface area contributed by atoms with Gasteiger partial charge in [-0.15, -0.1) is 0 Å². The highest BCUT2D eigenvalue weighted by atomic mass is 32.2. The second kappa shape index (κ2) is 5.37. The van der Waals surface area contributed by atoms with Gasteiger partial charge in [0.05, 0.1) is 5.75 Å². The Morgan fingerprint density at radius 2 is 2.14 bits per heavy atom. The van der Waals surface area contributed by atoms with Crippen LogP contribution in [0.4, 0.5) is 0 Å². The lowest BCUT2D eigenvalue weighted by molar-refractivity contribution is 0.573. The molecule has 1 saturated carbocycles. The largest absolute Gasteiger partial charge is 0.330 e. The molecule has 0 radical (unpaired) electrons. The minimum Gasteiger partial charge on any atom is -0.330 e. The summed E-state index contributed by atoms with van der Waals surface area (Å²) in [7, 11) is -2.79. The summed E-state index contributed by atoms with van der Waals surface area (Å²) in [5.74, 6) is 1.63. The number of sulfone groups is 1. The molecule has 84 valence electrons. The van der Waals surface area contributed by atoms with Crippen molar-refractivity contribution in [1.82, 2.24) is 0 Å². The first kappa shape index (κ1) is 12.3. The number of rotatable bonds is 5. The van der Waals surface area contributed by atoms with E-state index in [1.807, 2.05) is 0 Å². The zero-order valence-electron chi connectivity index (χ0n) is 8.61. The lowest BCUT2D eigenvalue weighted by Gasteiger charge is -2.16. The average molecular weight is 237 g/mol. The van der Waals surface area contributed by atoms with Crippen molar-refractivity contribution >= 4 is 21.6 Å². The normalized spacial score (nSPS) is 28.1. The molecule has 0 aromatic heterocycles. The van der Waals surface area contributed by atoms with Crippen molar-refractivity contribution in [1.29, 1.82) is 0 Å². The van der Waals surface area contributed by atoms with Crippen LogP contribution in [0.15, 0.2) is 0 Å². The van der Waals surface area contributed by atoms with Crippen LogP contribution in [0, 0.1) is 5.92 Å². The zero-order chi connectivity index (χ0) is 10.6. The fourth-order valence-electron chi connectivity index (χ4n) is 1.84. The molecule has 0 aromatic carbocycles. The molecule has 5 heteroatoms. The Balaban J connectivity index is 2.24. The second-order valence-electron chi connectivity index (χ2n) is 3.97. The van der Waals surface area contributed by atoms with E-state index in [0.29, 0.717) is 16.9 Å². The van der Waals surface area contributed by atoms with Gasteiger partial charge in [-0.25, -0.2) is 8.42 Å². The van der Waals surface area contributed by atoms with Crippen molar-refractivity contribution in [2.24, 2.45) is 11.7 Å². The summed E-state index contributed by atoms with van der Waals surface area (Å²) in [5.41, 5.74) is 5.65. The van der Waals surface area contributed by atoms with E-state index in [1.54, 1.807) is 11.8 Å². The van der Waals surface area contributed by atoms with E-state index in [1.165, 1.54) is 25.5 Å². The molecule has 0 aromatic rings. The van der Waals surface area contributed by atoms with E-state index in [0.717, 1.165) is 12.3 Å². The Morgan fingerprint density at radius 1 is 1.43 bits per heavy atom. The van der Waals surface area contributed by atoms with Gasteiger partial charge < -0.3 is 5.73 Å².